The first-order chi connectivity index (χ1) is 6.15. The number of hydrogen-bond acceptors (Lipinski definition) is 2. The predicted molar refractivity (Wildman–Crippen MR) is 47.8 cm³/mol. The van der Waals surface area contributed by atoms with Gasteiger partial charge in [-0.1, -0.05) is 11.6 Å². The Hall–Kier alpha value is -1.09. The highest BCUT2D eigenvalue weighted by Crippen LogP contribution is 2.47. The van der Waals surface area contributed by atoms with Gasteiger partial charge >= 0.3 is 5.97 Å². The van der Waals surface area contributed by atoms with E-state index in [0.29, 0.717) is 23.6 Å². The van der Waals surface area contributed by atoms with Gasteiger partial charge in [0, 0.05) is 11.2 Å². The summed E-state index contributed by atoms with van der Waals surface area (Å²) in [6.07, 6.45) is 2.87. The first-order valence-corrected chi connectivity index (χ1v) is 4.38. The summed E-state index contributed by atoms with van der Waals surface area (Å²) in [6, 6.07) is 3.27. The molecule has 1 saturated carbocycles. The zero-order valence-electron chi connectivity index (χ0n) is 6.83. The molecule has 1 aliphatic carbocycles. The van der Waals surface area contributed by atoms with Crippen molar-refractivity contribution in [3.05, 3.63) is 29.0 Å². The molecule has 0 spiro atoms. The molecule has 0 aromatic carbocycles. The predicted octanol–water partition coefficient (Wildman–Crippen LogP) is 1.85. The molecule has 0 radical (unpaired) electrons. The Morgan fingerprint density at radius 3 is 2.77 bits per heavy atom. The second-order valence-corrected chi connectivity index (χ2v) is 3.68. The maximum atomic E-state index is 10.9. The number of rotatable bonds is 2. The van der Waals surface area contributed by atoms with Crippen molar-refractivity contribution < 1.29 is 9.90 Å². The Balaban J connectivity index is 2.41. The molecule has 2 rings (SSSR count). The summed E-state index contributed by atoms with van der Waals surface area (Å²) in [4.78, 5) is 14.9. The fourth-order valence-electron chi connectivity index (χ4n) is 1.37. The molecule has 0 saturated heterocycles. The minimum atomic E-state index is -0.803. The van der Waals surface area contributed by atoms with E-state index in [4.69, 9.17) is 16.7 Å². The van der Waals surface area contributed by atoms with Gasteiger partial charge in [-0.2, -0.15) is 0 Å². The molecule has 0 atom stereocenters. The SMILES string of the molecule is O=C(O)C1(c2cc(Cl)ccn2)CC1. The number of carbonyl (C=O) groups is 1. The summed E-state index contributed by atoms with van der Waals surface area (Å²) in [5.74, 6) is -0.803. The molecule has 3 nitrogen and oxygen atoms in total. The number of aromatic nitrogens is 1. The molecule has 1 fully saturated rings. The van der Waals surface area contributed by atoms with E-state index in [1.54, 1.807) is 18.3 Å². The fraction of sp³-hybridized carbons (Fsp3) is 0.333. The Bertz CT molecular complexity index is 360. The van der Waals surface area contributed by atoms with Crippen LogP contribution >= 0.6 is 11.6 Å². The third-order valence-corrected chi connectivity index (χ3v) is 2.61. The lowest BCUT2D eigenvalue weighted by atomic mass is 10.0. The van der Waals surface area contributed by atoms with Crippen molar-refractivity contribution in [2.24, 2.45) is 0 Å². The van der Waals surface area contributed by atoms with Gasteiger partial charge in [0.1, 0.15) is 5.41 Å². The van der Waals surface area contributed by atoms with Crippen molar-refractivity contribution in [3.63, 3.8) is 0 Å². The molecule has 0 unspecified atom stereocenters. The lowest BCUT2D eigenvalue weighted by molar-refractivity contribution is -0.140. The van der Waals surface area contributed by atoms with Crippen molar-refractivity contribution in [2.45, 2.75) is 18.3 Å². The van der Waals surface area contributed by atoms with Crippen molar-refractivity contribution >= 4 is 17.6 Å². The second kappa shape index (κ2) is 2.70. The summed E-state index contributed by atoms with van der Waals surface area (Å²) < 4.78 is 0. The normalized spacial score (nSPS) is 18.2. The smallest absolute Gasteiger partial charge is 0.315 e. The molecule has 1 aromatic rings. The minimum absolute atomic E-state index is 0.539. The van der Waals surface area contributed by atoms with Gasteiger partial charge in [0.05, 0.1) is 5.69 Å². The highest BCUT2D eigenvalue weighted by Gasteiger charge is 2.53. The van der Waals surface area contributed by atoms with E-state index in [9.17, 15) is 4.79 Å². The van der Waals surface area contributed by atoms with Crippen LogP contribution in [0.15, 0.2) is 18.3 Å². The van der Waals surface area contributed by atoms with Crippen LogP contribution in [0.2, 0.25) is 5.02 Å². The van der Waals surface area contributed by atoms with Crippen molar-refractivity contribution in [1.82, 2.24) is 4.98 Å². The number of carboxylic acid groups (broad SMARTS) is 1. The first-order valence-electron chi connectivity index (χ1n) is 4.00. The summed E-state index contributed by atoms with van der Waals surface area (Å²) in [5.41, 5.74) is -0.169. The largest absolute Gasteiger partial charge is 0.481 e. The van der Waals surface area contributed by atoms with Gasteiger partial charge in [-0.15, -0.1) is 0 Å². The topological polar surface area (TPSA) is 50.2 Å². The van der Waals surface area contributed by atoms with Crippen LogP contribution in [0.4, 0.5) is 0 Å². The van der Waals surface area contributed by atoms with E-state index in [-0.39, 0.29) is 0 Å². The molecular weight excluding hydrogens is 190 g/mol. The zero-order valence-corrected chi connectivity index (χ0v) is 7.58. The van der Waals surface area contributed by atoms with Crippen LogP contribution in [0.5, 0.6) is 0 Å². The Kier molecular flexibility index (Phi) is 1.77. The quantitative estimate of drug-likeness (QED) is 0.787. The third kappa shape index (κ3) is 1.29. The summed E-state index contributed by atoms with van der Waals surface area (Å²) in [7, 11) is 0. The standard InChI is InChI=1S/C9H8ClNO2/c10-6-1-4-11-7(5-6)9(2-3-9)8(12)13/h1,4-5H,2-3H2,(H,12,13). The van der Waals surface area contributed by atoms with Gasteiger partial charge < -0.3 is 5.11 Å². The van der Waals surface area contributed by atoms with Crippen LogP contribution in [0.25, 0.3) is 0 Å². The van der Waals surface area contributed by atoms with Gasteiger partial charge in [0.2, 0.25) is 0 Å². The molecule has 1 N–H and O–H groups in total. The van der Waals surface area contributed by atoms with Crippen molar-refractivity contribution in [1.29, 1.82) is 0 Å². The number of pyridine rings is 1. The maximum Gasteiger partial charge on any atom is 0.315 e. The van der Waals surface area contributed by atoms with Gasteiger partial charge in [-0.25, -0.2) is 0 Å². The van der Waals surface area contributed by atoms with Crippen molar-refractivity contribution in [2.75, 3.05) is 0 Å². The monoisotopic (exact) mass is 197 g/mol. The fourth-order valence-corrected chi connectivity index (χ4v) is 1.53. The Labute approximate surface area is 80.4 Å². The molecule has 1 heterocycles. The molecular formula is C9H8ClNO2. The Morgan fingerprint density at radius 2 is 2.31 bits per heavy atom. The van der Waals surface area contributed by atoms with Gasteiger partial charge in [0.15, 0.2) is 0 Å². The molecule has 1 aromatic heterocycles. The van der Waals surface area contributed by atoms with E-state index in [1.807, 2.05) is 0 Å². The lowest BCUT2D eigenvalue weighted by Gasteiger charge is -2.08. The van der Waals surface area contributed by atoms with Crippen molar-refractivity contribution in [3.8, 4) is 0 Å². The van der Waals surface area contributed by atoms with E-state index in [2.05, 4.69) is 4.98 Å². The van der Waals surface area contributed by atoms with Crippen LogP contribution in [0.1, 0.15) is 18.5 Å². The molecule has 13 heavy (non-hydrogen) atoms. The third-order valence-electron chi connectivity index (χ3n) is 2.37. The molecule has 0 amide bonds. The summed E-state index contributed by atoms with van der Waals surface area (Å²) in [5, 5.41) is 9.50. The van der Waals surface area contributed by atoms with Crippen LogP contribution in [-0.2, 0) is 10.2 Å². The van der Waals surface area contributed by atoms with Crippen LogP contribution in [-0.4, -0.2) is 16.1 Å². The van der Waals surface area contributed by atoms with E-state index in [1.165, 1.54) is 0 Å². The van der Waals surface area contributed by atoms with Gasteiger partial charge in [-0.3, -0.25) is 9.78 Å². The highest BCUT2D eigenvalue weighted by atomic mass is 35.5. The maximum absolute atomic E-state index is 10.9. The molecule has 68 valence electrons. The second-order valence-electron chi connectivity index (χ2n) is 3.25. The number of nitrogens with zero attached hydrogens (tertiary/aromatic N) is 1. The number of halogens is 1. The zero-order chi connectivity index (χ0) is 9.47. The van der Waals surface area contributed by atoms with E-state index < -0.39 is 11.4 Å². The molecule has 1 aliphatic rings. The molecule has 4 heteroatoms. The first kappa shape index (κ1) is 8.51. The minimum Gasteiger partial charge on any atom is -0.481 e. The summed E-state index contributed by atoms with van der Waals surface area (Å²) in [6.45, 7) is 0. The lowest BCUT2D eigenvalue weighted by Crippen LogP contribution is -2.20. The number of aliphatic carboxylic acids is 1. The Morgan fingerprint density at radius 1 is 1.62 bits per heavy atom. The van der Waals surface area contributed by atoms with E-state index >= 15 is 0 Å². The molecule has 0 bridgehead atoms. The van der Waals surface area contributed by atoms with Crippen LogP contribution in [0, 0.1) is 0 Å². The van der Waals surface area contributed by atoms with Gasteiger partial charge in [-0.05, 0) is 25.0 Å². The number of carboxylic acids is 1. The van der Waals surface area contributed by atoms with E-state index in [0.717, 1.165) is 0 Å². The van der Waals surface area contributed by atoms with Gasteiger partial charge in [0.25, 0.3) is 0 Å². The van der Waals surface area contributed by atoms with Crippen LogP contribution < -0.4 is 0 Å². The average molecular weight is 198 g/mol. The average Bonchev–Trinajstić information content (AvgIpc) is 2.83. The number of hydrogen-bond donors (Lipinski definition) is 1. The molecule has 0 aliphatic heterocycles. The summed E-state index contributed by atoms with van der Waals surface area (Å²) >= 11 is 5.75. The van der Waals surface area contributed by atoms with Crippen LogP contribution in [0.3, 0.4) is 0 Å². The highest BCUT2D eigenvalue weighted by molar-refractivity contribution is 6.30.